The van der Waals surface area contributed by atoms with E-state index in [1.54, 1.807) is 19.3 Å². The molecule has 0 saturated carbocycles. The number of rotatable bonds is 2. The minimum atomic E-state index is -0.289. The highest BCUT2D eigenvalue weighted by Crippen LogP contribution is 2.38. The highest BCUT2D eigenvalue weighted by molar-refractivity contribution is 9.09. The van der Waals surface area contributed by atoms with Crippen LogP contribution in [-0.4, -0.2) is 0 Å². The van der Waals surface area contributed by atoms with Gasteiger partial charge >= 0.3 is 0 Å². The molecule has 0 saturated heterocycles. The minimum Gasteiger partial charge on any atom is -0.469 e. The van der Waals surface area contributed by atoms with E-state index in [0.29, 0.717) is 10.6 Å². The van der Waals surface area contributed by atoms with Crippen molar-refractivity contribution >= 4 is 27.5 Å². The van der Waals surface area contributed by atoms with Gasteiger partial charge in [-0.15, -0.1) is 0 Å². The molecule has 0 aliphatic carbocycles. The van der Waals surface area contributed by atoms with Crippen LogP contribution < -0.4 is 0 Å². The van der Waals surface area contributed by atoms with Crippen LogP contribution in [-0.2, 0) is 0 Å². The van der Waals surface area contributed by atoms with Crippen molar-refractivity contribution in [3.63, 3.8) is 0 Å². The Morgan fingerprint density at radius 1 is 1.29 bits per heavy atom. The van der Waals surface area contributed by atoms with Crippen molar-refractivity contribution in [1.82, 2.24) is 0 Å². The number of halogens is 3. The third-order valence-electron chi connectivity index (χ3n) is 2.72. The lowest BCUT2D eigenvalue weighted by Crippen LogP contribution is -1.96. The summed E-state index contributed by atoms with van der Waals surface area (Å²) in [5.74, 6) is 0.535. The van der Waals surface area contributed by atoms with Crippen molar-refractivity contribution in [3.8, 4) is 0 Å². The van der Waals surface area contributed by atoms with Crippen molar-refractivity contribution < 1.29 is 8.81 Å². The fourth-order valence-electron chi connectivity index (χ4n) is 1.70. The fourth-order valence-corrected chi connectivity index (χ4v) is 2.94. The fraction of sp³-hybridized carbons (Fsp3) is 0.231. The number of alkyl halides is 1. The van der Waals surface area contributed by atoms with Crippen LogP contribution in [0.3, 0.4) is 0 Å². The van der Waals surface area contributed by atoms with E-state index in [0.717, 1.165) is 16.9 Å². The molecule has 1 atom stereocenters. The molecule has 2 aromatic rings. The number of hydrogen-bond donors (Lipinski definition) is 0. The van der Waals surface area contributed by atoms with Gasteiger partial charge in [0.05, 0.1) is 11.1 Å². The van der Waals surface area contributed by atoms with Gasteiger partial charge in [-0.05, 0) is 37.1 Å². The van der Waals surface area contributed by atoms with Gasteiger partial charge in [-0.25, -0.2) is 4.39 Å². The molecule has 2 rings (SSSR count). The van der Waals surface area contributed by atoms with E-state index in [2.05, 4.69) is 15.9 Å². The summed E-state index contributed by atoms with van der Waals surface area (Å²) in [5, 5.41) is 0.413. The lowest BCUT2D eigenvalue weighted by Gasteiger charge is -2.12. The van der Waals surface area contributed by atoms with Crippen molar-refractivity contribution in [2.75, 3.05) is 0 Å². The van der Waals surface area contributed by atoms with E-state index >= 15 is 0 Å². The van der Waals surface area contributed by atoms with Gasteiger partial charge in [0.15, 0.2) is 0 Å². The van der Waals surface area contributed by atoms with Gasteiger partial charge in [0, 0.05) is 10.6 Å². The molecule has 90 valence electrons. The maximum atomic E-state index is 13.3. The molecule has 4 heteroatoms. The molecular weight excluding hydrogens is 306 g/mol. The first kappa shape index (κ1) is 12.7. The van der Waals surface area contributed by atoms with Crippen LogP contribution in [0.5, 0.6) is 0 Å². The smallest absolute Gasteiger partial charge is 0.127 e. The van der Waals surface area contributed by atoms with E-state index in [4.69, 9.17) is 16.0 Å². The molecule has 1 aromatic heterocycles. The predicted octanol–water partition coefficient (Wildman–Crippen LogP) is 5.17. The van der Waals surface area contributed by atoms with E-state index in [1.807, 2.05) is 13.0 Å². The Kier molecular flexibility index (Phi) is 3.59. The van der Waals surface area contributed by atoms with E-state index < -0.39 is 0 Å². The standard InChI is InChI=1S/C13H11BrClFO/c1-7-5-10(11(15)6-12(7)16)13(14)9-3-4-17-8(9)2/h3-6,13H,1-2H3. The zero-order valence-corrected chi connectivity index (χ0v) is 11.8. The number of furan rings is 1. The van der Waals surface area contributed by atoms with Crippen LogP contribution in [0.2, 0.25) is 5.02 Å². The molecule has 1 aromatic carbocycles. The van der Waals surface area contributed by atoms with E-state index in [1.165, 1.54) is 6.07 Å². The zero-order chi connectivity index (χ0) is 12.6. The van der Waals surface area contributed by atoms with Crippen LogP contribution in [0.1, 0.15) is 27.3 Å². The second kappa shape index (κ2) is 4.83. The van der Waals surface area contributed by atoms with Gasteiger partial charge in [-0.3, -0.25) is 0 Å². The summed E-state index contributed by atoms with van der Waals surface area (Å²) in [5.41, 5.74) is 2.42. The van der Waals surface area contributed by atoms with E-state index in [9.17, 15) is 4.39 Å². The highest BCUT2D eigenvalue weighted by atomic mass is 79.9. The van der Waals surface area contributed by atoms with Gasteiger partial charge in [-0.2, -0.15) is 0 Å². The molecule has 17 heavy (non-hydrogen) atoms. The summed E-state index contributed by atoms with van der Waals surface area (Å²) in [4.78, 5) is -0.0898. The average molecular weight is 318 g/mol. The summed E-state index contributed by atoms with van der Waals surface area (Å²) in [6.45, 7) is 3.60. The molecule has 0 N–H and O–H groups in total. The van der Waals surface area contributed by atoms with Gasteiger partial charge in [0.2, 0.25) is 0 Å². The number of hydrogen-bond acceptors (Lipinski definition) is 1. The molecular formula is C13H11BrClFO. The van der Waals surface area contributed by atoms with Crippen LogP contribution in [0.4, 0.5) is 4.39 Å². The summed E-state index contributed by atoms with van der Waals surface area (Å²) >= 11 is 9.63. The summed E-state index contributed by atoms with van der Waals surface area (Å²) in [6.07, 6.45) is 1.63. The van der Waals surface area contributed by atoms with Crippen molar-refractivity contribution in [1.29, 1.82) is 0 Å². The second-order valence-electron chi connectivity index (χ2n) is 3.92. The molecule has 1 nitrogen and oxygen atoms in total. The predicted molar refractivity (Wildman–Crippen MR) is 70.4 cm³/mol. The molecule has 1 unspecified atom stereocenters. The number of benzene rings is 1. The molecule has 0 fully saturated rings. The second-order valence-corrected chi connectivity index (χ2v) is 5.24. The lowest BCUT2D eigenvalue weighted by atomic mass is 10.0. The number of aryl methyl sites for hydroxylation is 2. The first-order valence-electron chi connectivity index (χ1n) is 5.14. The first-order chi connectivity index (χ1) is 8.00. The average Bonchev–Trinajstić information content (AvgIpc) is 2.69. The Balaban J connectivity index is 2.48. The highest BCUT2D eigenvalue weighted by Gasteiger charge is 2.18. The van der Waals surface area contributed by atoms with Gasteiger partial charge in [0.1, 0.15) is 11.6 Å². The Hall–Kier alpha value is -0.800. The Labute approximate surface area is 113 Å². The SMILES string of the molecule is Cc1cc(C(Br)c2ccoc2C)c(Cl)cc1F. The quantitative estimate of drug-likeness (QED) is 0.696. The lowest BCUT2D eigenvalue weighted by molar-refractivity contribution is 0.530. The summed E-state index contributed by atoms with van der Waals surface area (Å²) in [6, 6.07) is 4.98. The van der Waals surface area contributed by atoms with Crippen LogP contribution in [0.25, 0.3) is 0 Å². The van der Waals surface area contributed by atoms with Gasteiger partial charge in [-0.1, -0.05) is 33.6 Å². The molecule has 0 amide bonds. The monoisotopic (exact) mass is 316 g/mol. The topological polar surface area (TPSA) is 13.1 Å². The maximum absolute atomic E-state index is 13.3. The Morgan fingerprint density at radius 2 is 2.00 bits per heavy atom. The molecule has 0 aliphatic rings. The van der Waals surface area contributed by atoms with Crippen molar-refractivity contribution in [3.05, 3.63) is 57.8 Å². The van der Waals surface area contributed by atoms with Crippen LogP contribution in [0, 0.1) is 19.7 Å². The van der Waals surface area contributed by atoms with Crippen molar-refractivity contribution in [2.24, 2.45) is 0 Å². The summed E-state index contributed by atoms with van der Waals surface area (Å²) < 4.78 is 18.6. The third-order valence-corrected chi connectivity index (χ3v) is 4.04. The molecule has 0 radical (unpaired) electrons. The molecule has 0 aliphatic heterocycles. The van der Waals surface area contributed by atoms with Crippen LogP contribution in [0.15, 0.2) is 28.9 Å². The Bertz CT molecular complexity index is 550. The third kappa shape index (κ3) is 2.40. The van der Waals surface area contributed by atoms with E-state index in [-0.39, 0.29) is 10.6 Å². The largest absolute Gasteiger partial charge is 0.469 e. The summed E-state index contributed by atoms with van der Waals surface area (Å²) in [7, 11) is 0. The Morgan fingerprint density at radius 3 is 2.59 bits per heavy atom. The maximum Gasteiger partial charge on any atom is 0.127 e. The van der Waals surface area contributed by atoms with Crippen LogP contribution >= 0.6 is 27.5 Å². The minimum absolute atomic E-state index is 0.0898. The van der Waals surface area contributed by atoms with Gasteiger partial charge < -0.3 is 4.42 Å². The first-order valence-corrected chi connectivity index (χ1v) is 6.43. The molecule has 0 bridgehead atoms. The zero-order valence-electron chi connectivity index (χ0n) is 9.43. The van der Waals surface area contributed by atoms with Crippen molar-refractivity contribution in [2.45, 2.75) is 18.7 Å². The molecule has 1 heterocycles. The normalized spacial score (nSPS) is 12.8. The molecule has 0 spiro atoms. The van der Waals surface area contributed by atoms with Gasteiger partial charge in [0.25, 0.3) is 0 Å².